The third kappa shape index (κ3) is 3.41. The van der Waals surface area contributed by atoms with Crippen molar-refractivity contribution in [1.82, 2.24) is 0 Å². The van der Waals surface area contributed by atoms with E-state index >= 15 is 0 Å². The van der Waals surface area contributed by atoms with Crippen LogP contribution >= 0.6 is 0 Å². The monoisotopic (exact) mass is 348 g/mol. The molecule has 5 heteroatoms. The number of phenols is 2. The van der Waals surface area contributed by atoms with Crippen LogP contribution in [0.25, 0.3) is 10.8 Å². The summed E-state index contributed by atoms with van der Waals surface area (Å²) in [6.07, 6.45) is 5.83. The van der Waals surface area contributed by atoms with E-state index in [4.69, 9.17) is 0 Å². The van der Waals surface area contributed by atoms with Gasteiger partial charge in [-0.3, -0.25) is 0 Å². The molecule has 0 aliphatic carbocycles. The smallest absolute Gasteiger partial charge is 0.184 e. The Hall–Kier alpha value is -2.01. The number of hydrogen-bond donors (Lipinski definition) is 2. The summed E-state index contributed by atoms with van der Waals surface area (Å²) in [7, 11) is -3.51. The van der Waals surface area contributed by atoms with Crippen LogP contribution in [0.5, 0.6) is 11.5 Å². The fourth-order valence-corrected chi connectivity index (χ4v) is 4.52. The van der Waals surface area contributed by atoms with Crippen LogP contribution in [0.2, 0.25) is 0 Å². The summed E-state index contributed by atoms with van der Waals surface area (Å²) in [5.74, 6) is -0.0736. The minimum atomic E-state index is -3.51. The molecule has 0 saturated heterocycles. The van der Waals surface area contributed by atoms with Crippen molar-refractivity contribution < 1.29 is 18.6 Å². The molecule has 0 fully saturated rings. The summed E-state index contributed by atoms with van der Waals surface area (Å²) in [5.41, 5.74) is 0.382. The van der Waals surface area contributed by atoms with Crippen molar-refractivity contribution in [3.8, 4) is 11.5 Å². The average molecular weight is 348 g/mol. The first-order valence-corrected chi connectivity index (χ1v) is 9.69. The summed E-state index contributed by atoms with van der Waals surface area (Å²) in [6, 6.07) is 6.12. The highest BCUT2D eigenvalue weighted by Gasteiger charge is 2.25. The molecule has 1 atom stereocenters. The third-order valence-electron chi connectivity index (χ3n) is 4.29. The Kier molecular flexibility index (Phi) is 5.54. The summed E-state index contributed by atoms with van der Waals surface area (Å²) in [6.45, 7) is 5.46. The zero-order valence-corrected chi connectivity index (χ0v) is 15.1. The highest BCUT2D eigenvalue weighted by molar-refractivity contribution is 7.92. The van der Waals surface area contributed by atoms with Gasteiger partial charge in [0.1, 0.15) is 11.5 Å². The van der Waals surface area contributed by atoms with E-state index in [2.05, 4.69) is 0 Å². The van der Waals surface area contributed by atoms with Crippen LogP contribution in [-0.4, -0.2) is 23.9 Å². The van der Waals surface area contributed by atoms with Crippen LogP contribution in [0.15, 0.2) is 41.3 Å². The maximum atomic E-state index is 12.9. The van der Waals surface area contributed by atoms with Gasteiger partial charge in [0.2, 0.25) is 0 Å². The molecule has 0 spiro atoms. The zero-order chi connectivity index (χ0) is 17.9. The standard InChI is InChI=1S/C19H24O4S/c1-4-6-8-15(7-5-2)24(22,23)16-9-10-17-14(11-16)12-18(20)13(3)19(17)21/h5,7,9-12,15,20-21H,4,6,8H2,1-3H3. The number of sulfone groups is 1. The Labute approximate surface area is 143 Å². The van der Waals surface area contributed by atoms with E-state index in [9.17, 15) is 18.6 Å². The number of aromatic hydroxyl groups is 2. The highest BCUT2D eigenvalue weighted by atomic mass is 32.2. The van der Waals surface area contributed by atoms with Crippen LogP contribution in [0.4, 0.5) is 0 Å². The molecular weight excluding hydrogens is 324 g/mol. The van der Waals surface area contributed by atoms with Gasteiger partial charge in [0, 0.05) is 10.9 Å². The number of benzene rings is 2. The van der Waals surface area contributed by atoms with Gasteiger partial charge in [-0.1, -0.05) is 31.9 Å². The first kappa shape index (κ1) is 18.3. The molecule has 2 rings (SSSR count). The van der Waals surface area contributed by atoms with Gasteiger partial charge in [0.25, 0.3) is 0 Å². The molecule has 0 saturated carbocycles. The second-order valence-corrected chi connectivity index (χ2v) is 8.17. The highest BCUT2D eigenvalue weighted by Crippen LogP contribution is 2.36. The van der Waals surface area contributed by atoms with Crippen molar-refractivity contribution in [2.24, 2.45) is 0 Å². The van der Waals surface area contributed by atoms with Gasteiger partial charge in [0.15, 0.2) is 9.84 Å². The quantitative estimate of drug-likeness (QED) is 0.755. The normalized spacial score (nSPS) is 13.6. The van der Waals surface area contributed by atoms with E-state index in [1.54, 1.807) is 25.1 Å². The minimum absolute atomic E-state index is 0.0232. The van der Waals surface area contributed by atoms with E-state index in [0.717, 1.165) is 12.8 Å². The molecular formula is C19H24O4S. The molecule has 1 unspecified atom stereocenters. The Morgan fingerprint density at radius 1 is 1.21 bits per heavy atom. The number of rotatable bonds is 6. The summed E-state index contributed by atoms with van der Waals surface area (Å²) >= 11 is 0. The number of fused-ring (bicyclic) bond motifs is 1. The topological polar surface area (TPSA) is 74.6 Å². The van der Waals surface area contributed by atoms with Gasteiger partial charge in [-0.05, 0) is 49.9 Å². The average Bonchev–Trinajstić information content (AvgIpc) is 2.56. The van der Waals surface area contributed by atoms with Crippen molar-refractivity contribution in [1.29, 1.82) is 0 Å². The lowest BCUT2D eigenvalue weighted by Crippen LogP contribution is -2.19. The Bertz CT molecular complexity index is 867. The number of phenolic OH excluding ortho intramolecular Hbond substituents is 2. The van der Waals surface area contributed by atoms with Crippen molar-refractivity contribution in [2.75, 3.05) is 0 Å². The predicted molar refractivity (Wildman–Crippen MR) is 97.3 cm³/mol. The molecule has 0 aliphatic rings. The maximum Gasteiger partial charge on any atom is 0.184 e. The van der Waals surface area contributed by atoms with Crippen molar-refractivity contribution in [3.63, 3.8) is 0 Å². The van der Waals surface area contributed by atoms with E-state index < -0.39 is 15.1 Å². The second kappa shape index (κ2) is 7.26. The van der Waals surface area contributed by atoms with Crippen LogP contribution in [0.3, 0.4) is 0 Å². The maximum absolute atomic E-state index is 12.9. The summed E-state index contributed by atoms with van der Waals surface area (Å²) in [5, 5.41) is 20.5. The van der Waals surface area contributed by atoms with E-state index in [0.29, 0.717) is 22.8 Å². The SMILES string of the molecule is CC=CC(CCCC)S(=O)(=O)c1ccc2c(O)c(C)c(O)cc2c1. The Morgan fingerprint density at radius 3 is 2.54 bits per heavy atom. The molecule has 0 aromatic heterocycles. The minimum Gasteiger partial charge on any atom is -0.508 e. The molecule has 2 aromatic rings. The van der Waals surface area contributed by atoms with Crippen LogP contribution in [0.1, 0.15) is 38.7 Å². The van der Waals surface area contributed by atoms with Crippen molar-refractivity contribution in [3.05, 3.63) is 42.0 Å². The van der Waals surface area contributed by atoms with Crippen LogP contribution in [-0.2, 0) is 9.84 Å². The molecule has 2 aromatic carbocycles. The van der Waals surface area contributed by atoms with Crippen molar-refractivity contribution in [2.45, 2.75) is 50.2 Å². The number of allylic oxidation sites excluding steroid dienone is 1. The van der Waals surface area contributed by atoms with Gasteiger partial charge >= 0.3 is 0 Å². The fraction of sp³-hybridized carbons (Fsp3) is 0.368. The van der Waals surface area contributed by atoms with Gasteiger partial charge in [0.05, 0.1) is 10.1 Å². The predicted octanol–water partition coefficient (Wildman–Crippen LogP) is 4.47. The number of unbranched alkanes of at least 4 members (excludes halogenated alkanes) is 1. The van der Waals surface area contributed by atoms with E-state index in [1.807, 2.05) is 13.8 Å². The second-order valence-electron chi connectivity index (χ2n) is 6.00. The number of hydrogen-bond acceptors (Lipinski definition) is 4. The lowest BCUT2D eigenvalue weighted by Gasteiger charge is -2.15. The summed E-state index contributed by atoms with van der Waals surface area (Å²) in [4.78, 5) is 0.205. The molecule has 24 heavy (non-hydrogen) atoms. The lowest BCUT2D eigenvalue weighted by molar-refractivity contribution is 0.448. The zero-order valence-electron chi connectivity index (χ0n) is 14.3. The molecule has 0 bridgehead atoms. The Morgan fingerprint density at radius 2 is 1.92 bits per heavy atom. The molecule has 0 amide bonds. The van der Waals surface area contributed by atoms with Crippen LogP contribution in [0, 0.1) is 6.92 Å². The van der Waals surface area contributed by atoms with Gasteiger partial charge < -0.3 is 10.2 Å². The lowest BCUT2D eigenvalue weighted by atomic mass is 10.1. The summed E-state index contributed by atoms with van der Waals surface area (Å²) < 4.78 is 25.9. The molecule has 0 aliphatic heterocycles. The first-order valence-electron chi connectivity index (χ1n) is 8.15. The fourth-order valence-electron chi connectivity index (χ4n) is 2.78. The van der Waals surface area contributed by atoms with Gasteiger partial charge in [-0.2, -0.15) is 0 Å². The third-order valence-corrected chi connectivity index (χ3v) is 6.39. The van der Waals surface area contributed by atoms with E-state index in [-0.39, 0.29) is 16.4 Å². The van der Waals surface area contributed by atoms with Gasteiger partial charge in [-0.15, -0.1) is 0 Å². The van der Waals surface area contributed by atoms with E-state index in [1.165, 1.54) is 18.2 Å². The first-order chi connectivity index (χ1) is 11.3. The molecule has 130 valence electrons. The largest absolute Gasteiger partial charge is 0.508 e. The van der Waals surface area contributed by atoms with Crippen molar-refractivity contribution >= 4 is 20.6 Å². The molecule has 0 heterocycles. The Balaban J connectivity index is 2.56. The molecule has 4 nitrogen and oxygen atoms in total. The molecule has 0 radical (unpaired) electrons. The van der Waals surface area contributed by atoms with Gasteiger partial charge in [-0.25, -0.2) is 8.42 Å². The van der Waals surface area contributed by atoms with Crippen LogP contribution < -0.4 is 0 Å². The molecule has 2 N–H and O–H groups in total.